The molecule has 0 radical (unpaired) electrons. The third-order valence-electron chi connectivity index (χ3n) is 2.77. The summed E-state index contributed by atoms with van der Waals surface area (Å²) in [5.41, 5.74) is 1.07. The summed E-state index contributed by atoms with van der Waals surface area (Å²) >= 11 is 0. The molecule has 1 N–H and O–H groups in total. The summed E-state index contributed by atoms with van der Waals surface area (Å²) in [5, 5.41) is 4.51. The number of hydrogen-bond acceptors (Lipinski definition) is 3. The van der Waals surface area contributed by atoms with Gasteiger partial charge in [-0.1, -0.05) is 18.2 Å². The minimum atomic E-state index is 0.908. The molecule has 1 aliphatic rings. The summed E-state index contributed by atoms with van der Waals surface area (Å²) in [6.45, 7) is 3.01. The highest BCUT2D eigenvalue weighted by Crippen LogP contribution is 2.17. The van der Waals surface area contributed by atoms with Crippen LogP contribution in [0, 0.1) is 0 Å². The van der Waals surface area contributed by atoms with Crippen molar-refractivity contribution in [3.05, 3.63) is 36.4 Å². The van der Waals surface area contributed by atoms with Gasteiger partial charge in [0.2, 0.25) is 0 Å². The van der Waals surface area contributed by atoms with Crippen LogP contribution in [0.15, 0.2) is 36.4 Å². The Morgan fingerprint density at radius 2 is 2.07 bits per heavy atom. The van der Waals surface area contributed by atoms with Crippen LogP contribution in [0.3, 0.4) is 0 Å². The number of aromatic nitrogens is 1. The second kappa shape index (κ2) is 3.51. The average Bonchev–Trinajstić information content (AvgIpc) is 2.82. The summed E-state index contributed by atoms with van der Waals surface area (Å²) in [7, 11) is 0. The molecular formula is C12H13N3. The van der Waals surface area contributed by atoms with Crippen LogP contribution < -0.4 is 10.2 Å². The van der Waals surface area contributed by atoms with Gasteiger partial charge in [-0.05, 0) is 18.2 Å². The van der Waals surface area contributed by atoms with Crippen LogP contribution in [0.1, 0.15) is 0 Å². The van der Waals surface area contributed by atoms with E-state index in [1.807, 2.05) is 12.1 Å². The largest absolute Gasteiger partial charge is 0.343 e. The molecule has 2 heterocycles. The van der Waals surface area contributed by atoms with Crippen LogP contribution >= 0.6 is 0 Å². The molecule has 1 aromatic carbocycles. The summed E-state index contributed by atoms with van der Waals surface area (Å²) in [6, 6.07) is 12.4. The van der Waals surface area contributed by atoms with Gasteiger partial charge in [0.25, 0.3) is 0 Å². The summed E-state index contributed by atoms with van der Waals surface area (Å²) in [5.74, 6) is 1.07. The van der Waals surface area contributed by atoms with Crippen LogP contribution in [0.25, 0.3) is 10.9 Å². The van der Waals surface area contributed by atoms with Crippen molar-refractivity contribution in [1.82, 2.24) is 10.3 Å². The first-order valence-corrected chi connectivity index (χ1v) is 5.25. The Kier molecular flexibility index (Phi) is 2.03. The number of rotatable bonds is 1. The highest BCUT2D eigenvalue weighted by atomic mass is 15.3. The van der Waals surface area contributed by atoms with E-state index in [1.165, 1.54) is 5.39 Å². The molecule has 1 saturated heterocycles. The van der Waals surface area contributed by atoms with Gasteiger partial charge in [0.05, 0.1) is 12.2 Å². The molecule has 3 rings (SSSR count). The Morgan fingerprint density at radius 3 is 2.93 bits per heavy atom. The van der Waals surface area contributed by atoms with E-state index >= 15 is 0 Å². The van der Waals surface area contributed by atoms with E-state index < -0.39 is 0 Å². The standard InChI is InChI=1S/C12H13N3/c1-2-4-11-10(3-1)5-6-12(14-11)15-8-7-13-9-15/h1-6,13H,7-9H2. The van der Waals surface area contributed by atoms with Gasteiger partial charge in [-0.15, -0.1) is 0 Å². The second-order valence-electron chi connectivity index (χ2n) is 3.78. The number of hydrogen-bond donors (Lipinski definition) is 1. The van der Waals surface area contributed by atoms with Crippen molar-refractivity contribution in [3.63, 3.8) is 0 Å². The van der Waals surface area contributed by atoms with Crippen molar-refractivity contribution in [3.8, 4) is 0 Å². The van der Waals surface area contributed by atoms with Crippen LogP contribution in [-0.4, -0.2) is 24.7 Å². The zero-order chi connectivity index (χ0) is 10.1. The van der Waals surface area contributed by atoms with Gasteiger partial charge < -0.3 is 4.90 Å². The lowest BCUT2D eigenvalue weighted by atomic mass is 10.2. The van der Waals surface area contributed by atoms with E-state index in [9.17, 15) is 0 Å². The fourth-order valence-corrected chi connectivity index (χ4v) is 1.93. The number of anilines is 1. The Labute approximate surface area is 88.7 Å². The molecule has 0 amide bonds. The molecule has 0 spiro atoms. The minimum Gasteiger partial charge on any atom is -0.343 e. The molecule has 0 saturated carbocycles. The highest BCUT2D eigenvalue weighted by Gasteiger charge is 2.12. The van der Waals surface area contributed by atoms with Crippen molar-refractivity contribution in [2.45, 2.75) is 0 Å². The normalized spacial score (nSPS) is 16.1. The zero-order valence-corrected chi connectivity index (χ0v) is 8.48. The summed E-state index contributed by atoms with van der Waals surface area (Å²) < 4.78 is 0. The maximum atomic E-state index is 4.64. The number of pyridine rings is 1. The molecular weight excluding hydrogens is 186 g/mol. The maximum Gasteiger partial charge on any atom is 0.130 e. The number of nitrogens with one attached hydrogen (secondary N) is 1. The fraction of sp³-hybridized carbons (Fsp3) is 0.250. The van der Waals surface area contributed by atoms with Gasteiger partial charge in [-0.2, -0.15) is 0 Å². The van der Waals surface area contributed by atoms with E-state index in [0.717, 1.165) is 31.1 Å². The molecule has 0 aliphatic carbocycles. The van der Waals surface area contributed by atoms with Gasteiger partial charge in [-0.3, -0.25) is 5.32 Å². The summed E-state index contributed by atoms with van der Waals surface area (Å²) in [6.07, 6.45) is 0. The van der Waals surface area contributed by atoms with Crippen LogP contribution in [0.2, 0.25) is 0 Å². The number of fused-ring (bicyclic) bond motifs is 1. The molecule has 0 bridgehead atoms. The molecule has 1 fully saturated rings. The van der Waals surface area contributed by atoms with Crippen molar-refractivity contribution < 1.29 is 0 Å². The first-order chi connectivity index (χ1) is 7.43. The average molecular weight is 199 g/mol. The number of nitrogens with zero attached hydrogens (tertiary/aromatic N) is 2. The smallest absolute Gasteiger partial charge is 0.130 e. The highest BCUT2D eigenvalue weighted by molar-refractivity contribution is 5.80. The maximum absolute atomic E-state index is 4.64. The van der Waals surface area contributed by atoms with Crippen LogP contribution in [0.5, 0.6) is 0 Å². The molecule has 3 heteroatoms. The van der Waals surface area contributed by atoms with Gasteiger partial charge in [0, 0.05) is 18.5 Å². The Morgan fingerprint density at radius 1 is 1.13 bits per heavy atom. The van der Waals surface area contributed by atoms with Gasteiger partial charge in [0.1, 0.15) is 5.82 Å². The first kappa shape index (κ1) is 8.68. The van der Waals surface area contributed by atoms with E-state index in [2.05, 4.69) is 39.5 Å². The van der Waals surface area contributed by atoms with Crippen LogP contribution in [-0.2, 0) is 0 Å². The second-order valence-corrected chi connectivity index (χ2v) is 3.78. The molecule has 0 atom stereocenters. The topological polar surface area (TPSA) is 28.2 Å². The Balaban J connectivity index is 2.05. The van der Waals surface area contributed by atoms with E-state index in [1.54, 1.807) is 0 Å². The Hall–Kier alpha value is -1.61. The predicted octanol–water partition coefficient (Wildman–Crippen LogP) is 1.60. The molecule has 76 valence electrons. The van der Waals surface area contributed by atoms with Crippen molar-refractivity contribution in [2.24, 2.45) is 0 Å². The zero-order valence-electron chi connectivity index (χ0n) is 8.48. The molecule has 1 aromatic heterocycles. The third kappa shape index (κ3) is 1.55. The van der Waals surface area contributed by atoms with Crippen molar-refractivity contribution >= 4 is 16.7 Å². The van der Waals surface area contributed by atoms with Gasteiger partial charge in [0.15, 0.2) is 0 Å². The molecule has 0 unspecified atom stereocenters. The lowest BCUT2D eigenvalue weighted by Gasteiger charge is -2.15. The molecule has 2 aromatic rings. The summed E-state index contributed by atoms with van der Waals surface area (Å²) in [4.78, 5) is 6.90. The third-order valence-corrected chi connectivity index (χ3v) is 2.77. The first-order valence-electron chi connectivity index (χ1n) is 5.25. The molecule has 3 nitrogen and oxygen atoms in total. The predicted molar refractivity (Wildman–Crippen MR) is 62.0 cm³/mol. The van der Waals surface area contributed by atoms with Gasteiger partial charge >= 0.3 is 0 Å². The lowest BCUT2D eigenvalue weighted by molar-refractivity contribution is 0.850. The SMILES string of the molecule is c1ccc2nc(N3CCNC3)ccc2c1. The van der Waals surface area contributed by atoms with Crippen molar-refractivity contribution in [1.29, 1.82) is 0 Å². The van der Waals surface area contributed by atoms with E-state index in [-0.39, 0.29) is 0 Å². The minimum absolute atomic E-state index is 0.908. The fourth-order valence-electron chi connectivity index (χ4n) is 1.93. The molecule has 15 heavy (non-hydrogen) atoms. The molecule has 1 aliphatic heterocycles. The van der Waals surface area contributed by atoms with Gasteiger partial charge in [-0.25, -0.2) is 4.98 Å². The van der Waals surface area contributed by atoms with Crippen LogP contribution in [0.4, 0.5) is 5.82 Å². The van der Waals surface area contributed by atoms with E-state index in [0.29, 0.717) is 0 Å². The lowest BCUT2D eigenvalue weighted by Crippen LogP contribution is -2.21. The monoisotopic (exact) mass is 199 g/mol. The number of benzene rings is 1. The van der Waals surface area contributed by atoms with E-state index in [4.69, 9.17) is 0 Å². The number of para-hydroxylation sites is 1. The van der Waals surface area contributed by atoms with Crippen molar-refractivity contribution in [2.75, 3.05) is 24.7 Å². The quantitative estimate of drug-likeness (QED) is 0.756. The Bertz CT molecular complexity index is 475.